The van der Waals surface area contributed by atoms with E-state index in [1.54, 1.807) is 6.92 Å². The first-order valence-corrected chi connectivity index (χ1v) is 14.5. The molecule has 0 fully saturated rings. The average molecular weight is 620 g/mol. The zero-order chi connectivity index (χ0) is 31.3. The molecule has 2 unspecified atom stereocenters. The Balaban J connectivity index is 1.95. The minimum Gasteiger partial charge on any atom is -0.496 e. The highest BCUT2D eigenvalue weighted by atomic mass is 32.1. The van der Waals surface area contributed by atoms with Gasteiger partial charge in [0.05, 0.1) is 51.3 Å². The van der Waals surface area contributed by atoms with Gasteiger partial charge < -0.3 is 24.4 Å². The fourth-order valence-corrected chi connectivity index (χ4v) is 5.77. The van der Waals surface area contributed by atoms with Crippen LogP contribution in [0, 0.1) is 12.7 Å². The van der Waals surface area contributed by atoms with Crippen molar-refractivity contribution in [3.05, 3.63) is 68.4 Å². The summed E-state index contributed by atoms with van der Waals surface area (Å²) in [7, 11) is 1.39. The molecule has 43 heavy (non-hydrogen) atoms. The average Bonchev–Trinajstić information content (AvgIpc) is 3.64. The number of aliphatic hydroxyl groups is 2. The van der Waals surface area contributed by atoms with Gasteiger partial charge in [0.2, 0.25) is 0 Å². The number of methoxy groups -OCH3 is 1. The Bertz CT molecular complexity index is 1680. The summed E-state index contributed by atoms with van der Waals surface area (Å²) in [6, 6.07) is 2.51. The third-order valence-corrected chi connectivity index (χ3v) is 8.16. The quantitative estimate of drug-likeness (QED) is 0.158. The molecule has 1 aromatic carbocycles. The van der Waals surface area contributed by atoms with Crippen molar-refractivity contribution in [1.82, 2.24) is 24.1 Å². The van der Waals surface area contributed by atoms with E-state index in [2.05, 4.69) is 10.2 Å². The summed E-state index contributed by atoms with van der Waals surface area (Å²) >= 11 is 1.08. The monoisotopic (exact) mass is 619 g/mol. The SMILES string of the molecule is CCCCOC(=O)C(C)n1c(=O)c2c(C)c(-n3nccn3)sc2n(C[C@H](OCC(O)CO)c2cc(F)ccc2OC)c1=O. The molecule has 15 heteroatoms. The van der Waals surface area contributed by atoms with E-state index in [4.69, 9.17) is 14.2 Å². The lowest BCUT2D eigenvalue weighted by molar-refractivity contribution is -0.147. The number of carbonyl (C=O) groups is 1. The van der Waals surface area contributed by atoms with Gasteiger partial charge in [0.1, 0.15) is 39.6 Å². The van der Waals surface area contributed by atoms with Crippen LogP contribution < -0.4 is 16.0 Å². The molecule has 0 saturated carbocycles. The van der Waals surface area contributed by atoms with Gasteiger partial charge in [-0.05, 0) is 38.5 Å². The Morgan fingerprint density at radius 2 is 1.93 bits per heavy atom. The van der Waals surface area contributed by atoms with Crippen molar-refractivity contribution in [2.24, 2.45) is 0 Å². The van der Waals surface area contributed by atoms with Crippen LogP contribution in [0.25, 0.3) is 15.2 Å². The second kappa shape index (κ2) is 14.0. The minimum absolute atomic E-state index is 0.139. The highest BCUT2D eigenvalue weighted by molar-refractivity contribution is 7.21. The second-order valence-corrected chi connectivity index (χ2v) is 10.8. The molecule has 4 rings (SSSR count). The number of hydrogen-bond acceptors (Lipinski definition) is 11. The summed E-state index contributed by atoms with van der Waals surface area (Å²) < 4.78 is 33.2. The maximum absolute atomic E-state index is 14.5. The molecular formula is C28H34FN5O8S. The van der Waals surface area contributed by atoms with Crippen molar-refractivity contribution < 1.29 is 33.6 Å². The van der Waals surface area contributed by atoms with E-state index in [1.165, 1.54) is 54.0 Å². The molecule has 3 heterocycles. The first-order valence-electron chi connectivity index (χ1n) is 13.7. The maximum Gasteiger partial charge on any atom is 0.333 e. The third kappa shape index (κ3) is 6.69. The van der Waals surface area contributed by atoms with Crippen molar-refractivity contribution in [2.45, 2.75) is 58.4 Å². The van der Waals surface area contributed by atoms with E-state index in [0.717, 1.165) is 22.3 Å². The van der Waals surface area contributed by atoms with Crippen molar-refractivity contribution in [1.29, 1.82) is 0 Å². The number of benzene rings is 1. The molecule has 0 aliphatic heterocycles. The predicted molar refractivity (Wildman–Crippen MR) is 155 cm³/mol. The normalized spacial score (nSPS) is 13.7. The van der Waals surface area contributed by atoms with E-state index in [0.29, 0.717) is 17.0 Å². The molecule has 0 saturated heterocycles. The Hall–Kier alpha value is -3.92. The molecule has 3 atom stereocenters. The Morgan fingerprint density at radius 3 is 2.58 bits per heavy atom. The summed E-state index contributed by atoms with van der Waals surface area (Å²) in [5, 5.41) is 28.3. The number of aromatic nitrogens is 5. The lowest BCUT2D eigenvalue weighted by Crippen LogP contribution is -2.44. The van der Waals surface area contributed by atoms with Crippen LogP contribution in [-0.4, -0.2) is 73.3 Å². The summed E-state index contributed by atoms with van der Waals surface area (Å²) in [4.78, 5) is 42.5. The first-order chi connectivity index (χ1) is 20.6. The van der Waals surface area contributed by atoms with E-state index in [1.807, 2.05) is 6.92 Å². The number of unbranched alkanes of at least 4 members (excludes halogenated alkanes) is 1. The Kier molecular flexibility index (Phi) is 10.4. The molecule has 0 amide bonds. The molecular weight excluding hydrogens is 585 g/mol. The lowest BCUT2D eigenvalue weighted by Gasteiger charge is -2.24. The van der Waals surface area contributed by atoms with Crippen molar-refractivity contribution in [3.63, 3.8) is 0 Å². The van der Waals surface area contributed by atoms with Gasteiger partial charge in [-0.3, -0.25) is 9.36 Å². The van der Waals surface area contributed by atoms with Crippen molar-refractivity contribution >= 4 is 27.5 Å². The third-order valence-electron chi connectivity index (χ3n) is 6.88. The molecule has 0 radical (unpaired) electrons. The number of esters is 1. The standard InChI is InChI=1S/C28H34FN5O8S/c1-5-6-11-41-27(38)17(3)33-24(37)23-16(2)25(34-30-9-10-31-34)43-26(23)32(28(33)39)13-22(42-15-19(36)14-35)20-12-18(29)7-8-21(20)40-4/h7-10,12,17,19,22,35-36H,5-6,11,13-15H2,1-4H3/t17?,19?,22-/m0/s1. The number of aryl methyl sites for hydroxylation is 1. The molecule has 0 aliphatic rings. The van der Waals surface area contributed by atoms with E-state index >= 15 is 0 Å². The highest BCUT2D eigenvalue weighted by Gasteiger charge is 2.29. The highest BCUT2D eigenvalue weighted by Crippen LogP contribution is 2.34. The van der Waals surface area contributed by atoms with Crippen LogP contribution >= 0.6 is 11.3 Å². The minimum atomic E-state index is -1.27. The number of halogens is 1. The number of thiophene rings is 1. The van der Waals surface area contributed by atoms with E-state index in [-0.39, 0.29) is 41.3 Å². The summed E-state index contributed by atoms with van der Waals surface area (Å²) in [5.41, 5.74) is -0.823. The van der Waals surface area contributed by atoms with Crippen LogP contribution in [0.3, 0.4) is 0 Å². The maximum atomic E-state index is 14.5. The number of nitrogens with zero attached hydrogens (tertiary/aromatic N) is 5. The van der Waals surface area contributed by atoms with Crippen LogP contribution in [0.2, 0.25) is 0 Å². The number of hydrogen-bond donors (Lipinski definition) is 2. The number of carbonyl (C=O) groups excluding carboxylic acids is 1. The molecule has 232 valence electrons. The largest absolute Gasteiger partial charge is 0.496 e. The molecule has 4 aromatic rings. The van der Waals surface area contributed by atoms with Crippen molar-refractivity contribution in [3.8, 4) is 10.8 Å². The van der Waals surface area contributed by atoms with E-state index in [9.17, 15) is 29.0 Å². The fraction of sp³-hybridized carbons (Fsp3) is 0.464. The Morgan fingerprint density at radius 1 is 1.21 bits per heavy atom. The van der Waals surface area contributed by atoms with Crippen LogP contribution in [0.5, 0.6) is 5.75 Å². The van der Waals surface area contributed by atoms with Crippen LogP contribution in [0.4, 0.5) is 4.39 Å². The molecule has 2 N–H and O–H groups in total. The number of ether oxygens (including phenoxy) is 3. The molecule has 0 spiro atoms. The first kappa shape index (κ1) is 32.0. The van der Waals surface area contributed by atoms with Gasteiger partial charge in [-0.15, -0.1) is 4.80 Å². The van der Waals surface area contributed by atoms with Gasteiger partial charge in [-0.2, -0.15) is 10.2 Å². The van der Waals surface area contributed by atoms with Gasteiger partial charge in [0.15, 0.2) is 0 Å². The summed E-state index contributed by atoms with van der Waals surface area (Å²) in [5.74, 6) is -1.10. The second-order valence-electron chi connectivity index (χ2n) is 9.84. The zero-order valence-corrected chi connectivity index (χ0v) is 25.0. The summed E-state index contributed by atoms with van der Waals surface area (Å²) in [6.45, 7) is 3.94. The number of aliphatic hydroxyl groups excluding tert-OH is 2. The summed E-state index contributed by atoms with van der Waals surface area (Å²) in [6.07, 6.45) is 1.99. The van der Waals surface area contributed by atoms with Crippen LogP contribution in [0.15, 0.2) is 40.2 Å². The molecule has 0 bridgehead atoms. The number of fused-ring (bicyclic) bond motifs is 1. The van der Waals surface area contributed by atoms with Gasteiger partial charge >= 0.3 is 11.7 Å². The van der Waals surface area contributed by atoms with E-state index < -0.39 is 47.9 Å². The predicted octanol–water partition coefficient (Wildman–Crippen LogP) is 2.28. The van der Waals surface area contributed by atoms with Crippen LogP contribution in [-0.2, 0) is 20.8 Å². The van der Waals surface area contributed by atoms with Gasteiger partial charge in [-0.1, -0.05) is 24.7 Å². The topological polar surface area (TPSA) is 160 Å². The number of rotatable bonds is 14. The fourth-order valence-electron chi connectivity index (χ4n) is 4.55. The molecule has 13 nitrogen and oxygen atoms in total. The zero-order valence-electron chi connectivity index (χ0n) is 24.2. The smallest absolute Gasteiger partial charge is 0.333 e. The van der Waals surface area contributed by atoms with Crippen LogP contribution in [0.1, 0.15) is 50.0 Å². The van der Waals surface area contributed by atoms with Crippen molar-refractivity contribution in [2.75, 3.05) is 26.9 Å². The molecule has 0 aliphatic carbocycles. The lowest BCUT2D eigenvalue weighted by atomic mass is 10.1. The Labute approximate surface area is 249 Å². The van der Waals surface area contributed by atoms with Gasteiger partial charge in [0, 0.05) is 11.1 Å². The van der Waals surface area contributed by atoms with Gasteiger partial charge in [0.25, 0.3) is 5.56 Å². The molecule has 3 aromatic heterocycles. The van der Waals surface area contributed by atoms with Gasteiger partial charge in [-0.25, -0.2) is 18.5 Å².